The molecule has 1 saturated heterocycles. The van der Waals surface area contributed by atoms with E-state index in [1.807, 2.05) is 13.8 Å². The van der Waals surface area contributed by atoms with E-state index in [-0.39, 0.29) is 17.6 Å². The molecule has 1 aliphatic heterocycles. The molecule has 0 radical (unpaired) electrons. The minimum absolute atomic E-state index is 0.0579. The molecule has 1 aromatic carbocycles. The van der Waals surface area contributed by atoms with Crippen LogP contribution in [-0.2, 0) is 6.18 Å². The van der Waals surface area contributed by atoms with E-state index in [0.29, 0.717) is 17.6 Å². The third kappa shape index (κ3) is 3.77. The second-order valence-electron chi connectivity index (χ2n) is 5.37. The molecule has 0 spiro atoms. The van der Waals surface area contributed by atoms with E-state index in [2.05, 4.69) is 21.2 Å². The lowest BCUT2D eigenvalue weighted by Crippen LogP contribution is -2.56. The molecule has 0 aromatic heterocycles. The van der Waals surface area contributed by atoms with E-state index < -0.39 is 17.6 Å². The van der Waals surface area contributed by atoms with Crippen molar-refractivity contribution in [2.75, 3.05) is 13.1 Å². The van der Waals surface area contributed by atoms with Crippen LogP contribution in [0.15, 0.2) is 22.7 Å². The highest BCUT2D eigenvalue weighted by atomic mass is 79.9. The molecule has 1 amide bonds. The number of alkyl halides is 3. The van der Waals surface area contributed by atoms with Crippen LogP contribution in [0.5, 0.6) is 0 Å². The minimum atomic E-state index is -4.56. The fraction of sp³-hybridized carbons (Fsp3) is 0.500. The highest BCUT2D eigenvalue weighted by Crippen LogP contribution is 2.34. The molecule has 2 atom stereocenters. The van der Waals surface area contributed by atoms with Gasteiger partial charge in [-0.15, -0.1) is 0 Å². The summed E-state index contributed by atoms with van der Waals surface area (Å²) in [4.78, 5) is 13.9. The summed E-state index contributed by atoms with van der Waals surface area (Å²) in [5.41, 5.74) is -1.20. The van der Waals surface area contributed by atoms with Crippen LogP contribution < -0.4 is 5.32 Å². The molecule has 0 aliphatic carbocycles. The van der Waals surface area contributed by atoms with Gasteiger partial charge in [0, 0.05) is 29.6 Å². The first-order chi connectivity index (χ1) is 9.68. The molecular formula is C14H16BrF3N2O. The van der Waals surface area contributed by atoms with Crippen LogP contribution in [-0.4, -0.2) is 36.0 Å². The van der Waals surface area contributed by atoms with Crippen LogP contribution in [0.3, 0.4) is 0 Å². The predicted molar refractivity (Wildman–Crippen MR) is 77.1 cm³/mol. The van der Waals surface area contributed by atoms with Gasteiger partial charge in [-0.25, -0.2) is 0 Å². The Kier molecular flexibility index (Phi) is 4.63. The number of halogens is 4. The Morgan fingerprint density at radius 1 is 1.29 bits per heavy atom. The lowest BCUT2D eigenvalue weighted by molar-refractivity contribution is -0.138. The Morgan fingerprint density at radius 3 is 2.38 bits per heavy atom. The van der Waals surface area contributed by atoms with E-state index in [1.54, 1.807) is 0 Å². The molecule has 116 valence electrons. The highest BCUT2D eigenvalue weighted by molar-refractivity contribution is 9.10. The van der Waals surface area contributed by atoms with Gasteiger partial charge in [0.2, 0.25) is 0 Å². The van der Waals surface area contributed by atoms with Crippen molar-refractivity contribution in [3.05, 3.63) is 33.8 Å². The number of amides is 1. The smallest absolute Gasteiger partial charge is 0.336 e. The number of hydrogen-bond acceptors (Lipinski definition) is 2. The van der Waals surface area contributed by atoms with Crippen molar-refractivity contribution in [3.8, 4) is 0 Å². The highest BCUT2D eigenvalue weighted by Gasteiger charge is 2.37. The van der Waals surface area contributed by atoms with Gasteiger partial charge >= 0.3 is 6.18 Å². The van der Waals surface area contributed by atoms with Gasteiger partial charge in [-0.3, -0.25) is 4.79 Å². The second-order valence-corrected chi connectivity index (χ2v) is 6.28. The first-order valence-electron chi connectivity index (χ1n) is 6.60. The summed E-state index contributed by atoms with van der Waals surface area (Å²) in [6.07, 6.45) is -4.56. The van der Waals surface area contributed by atoms with Crippen LogP contribution in [0.2, 0.25) is 0 Å². The van der Waals surface area contributed by atoms with Gasteiger partial charge < -0.3 is 10.2 Å². The quantitative estimate of drug-likeness (QED) is 0.829. The molecule has 1 aliphatic rings. The van der Waals surface area contributed by atoms with Gasteiger partial charge in [-0.1, -0.05) is 15.9 Å². The normalized spacial score (nSPS) is 23.2. The van der Waals surface area contributed by atoms with E-state index in [4.69, 9.17) is 0 Å². The summed E-state index contributed by atoms with van der Waals surface area (Å²) in [6, 6.07) is 3.75. The Morgan fingerprint density at radius 2 is 1.86 bits per heavy atom. The van der Waals surface area contributed by atoms with Crippen LogP contribution >= 0.6 is 15.9 Å². The number of piperazine rings is 1. The maximum absolute atomic E-state index is 13.1. The van der Waals surface area contributed by atoms with Gasteiger partial charge in [0.15, 0.2) is 0 Å². The van der Waals surface area contributed by atoms with Crippen molar-refractivity contribution in [2.24, 2.45) is 0 Å². The molecule has 1 N–H and O–H groups in total. The molecule has 1 fully saturated rings. The van der Waals surface area contributed by atoms with E-state index >= 15 is 0 Å². The number of nitrogens with zero attached hydrogens (tertiary/aromatic N) is 1. The zero-order valence-corrected chi connectivity index (χ0v) is 13.3. The summed E-state index contributed by atoms with van der Waals surface area (Å²) in [5, 5.41) is 3.25. The lowest BCUT2D eigenvalue weighted by Gasteiger charge is -2.36. The molecule has 2 unspecified atom stereocenters. The molecule has 0 bridgehead atoms. The number of carbonyl (C=O) groups is 1. The minimum Gasteiger partial charge on any atom is -0.336 e. The van der Waals surface area contributed by atoms with Crippen molar-refractivity contribution in [1.29, 1.82) is 0 Å². The maximum Gasteiger partial charge on any atom is 0.417 e. The van der Waals surface area contributed by atoms with Crippen molar-refractivity contribution in [1.82, 2.24) is 10.2 Å². The Balaban J connectivity index is 2.35. The molecule has 0 saturated carbocycles. The Labute approximate surface area is 129 Å². The second kappa shape index (κ2) is 5.96. The number of carbonyl (C=O) groups excluding carboxylic acids is 1. The summed E-state index contributed by atoms with van der Waals surface area (Å²) in [7, 11) is 0. The van der Waals surface area contributed by atoms with E-state index in [0.717, 1.165) is 6.07 Å². The van der Waals surface area contributed by atoms with Gasteiger partial charge in [0.1, 0.15) is 0 Å². The van der Waals surface area contributed by atoms with Crippen molar-refractivity contribution in [3.63, 3.8) is 0 Å². The van der Waals surface area contributed by atoms with Gasteiger partial charge in [-0.2, -0.15) is 13.2 Å². The van der Waals surface area contributed by atoms with Crippen LogP contribution in [0.1, 0.15) is 29.8 Å². The molecule has 1 aromatic rings. The maximum atomic E-state index is 13.1. The van der Waals surface area contributed by atoms with Crippen molar-refractivity contribution in [2.45, 2.75) is 32.1 Å². The fourth-order valence-corrected chi connectivity index (χ4v) is 2.96. The molecule has 7 heteroatoms. The monoisotopic (exact) mass is 364 g/mol. The first-order valence-corrected chi connectivity index (χ1v) is 7.40. The number of nitrogens with one attached hydrogen (secondary N) is 1. The van der Waals surface area contributed by atoms with Gasteiger partial charge in [-0.05, 0) is 32.0 Å². The average Bonchev–Trinajstić information content (AvgIpc) is 2.35. The molecular weight excluding hydrogens is 349 g/mol. The van der Waals surface area contributed by atoms with Crippen molar-refractivity contribution < 1.29 is 18.0 Å². The van der Waals surface area contributed by atoms with E-state index in [1.165, 1.54) is 17.0 Å². The third-order valence-corrected chi connectivity index (χ3v) is 3.86. The fourth-order valence-electron chi connectivity index (χ4n) is 2.60. The summed E-state index contributed by atoms with van der Waals surface area (Å²) in [6.45, 7) is 4.61. The first kappa shape index (κ1) is 16.3. The largest absolute Gasteiger partial charge is 0.417 e. The topological polar surface area (TPSA) is 32.3 Å². The predicted octanol–water partition coefficient (Wildman–Crippen LogP) is 3.29. The van der Waals surface area contributed by atoms with Crippen LogP contribution in [0.4, 0.5) is 13.2 Å². The SMILES string of the molecule is CC1CN(C(=O)c2ccc(Br)cc2C(F)(F)F)CC(C)N1. The van der Waals surface area contributed by atoms with Crippen molar-refractivity contribution >= 4 is 21.8 Å². The molecule has 1 heterocycles. The Bertz CT molecular complexity index is 538. The van der Waals surface area contributed by atoms with E-state index in [9.17, 15) is 18.0 Å². The Hall–Kier alpha value is -1.08. The molecule has 21 heavy (non-hydrogen) atoms. The van der Waals surface area contributed by atoms with Gasteiger partial charge in [0.25, 0.3) is 5.91 Å². The molecule has 2 rings (SSSR count). The van der Waals surface area contributed by atoms with Gasteiger partial charge in [0.05, 0.1) is 11.1 Å². The zero-order chi connectivity index (χ0) is 15.8. The number of rotatable bonds is 1. The average molecular weight is 365 g/mol. The third-order valence-electron chi connectivity index (χ3n) is 3.36. The number of benzene rings is 1. The molecule has 3 nitrogen and oxygen atoms in total. The standard InChI is InChI=1S/C14H16BrF3N2O/c1-8-6-20(7-9(2)19-8)13(21)11-4-3-10(15)5-12(11)14(16,17)18/h3-5,8-9,19H,6-7H2,1-2H3. The number of hydrogen-bond donors (Lipinski definition) is 1. The lowest BCUT2D eigenvalue weighted by atomic mass is 10.0. The van der Waals surface area contributed by atoms with Crippen LogP contribution in [0, 0.1) is 0 Å². The summed E-state index contributed by atoms with van der Waals surface area (Å²) >= 11 is 3.02. The summed E-state index contributed by atoms with van der Waals surface area (Å²) in [5.74, 6) is -0.574. The summed E-state index contributed by atoms with van der Waals surface area (Å²) < 4.78 is 39.6. The van der Waals surface area contributed by atoms with Crippen LogP contribution in [0.25, 0.3) is 0 Å². The zero-order valence-electron chi connectivity index (χ0n) is 11.7.